The zero-order valence-corrected chi connectivity index (χ0v) is 10.8. The monoisotopic (exact) mass is 251 g/mol. The minimum Gasteiger partial charge on any atom is -0.377 e. The molecule has 1 aromatic rings. The highest BCUT2D eigenvalue weighted by atomic mass is 16.5. The maximum absolute atomic E-state index is 11.9. The first-order valence-corrected chi connectivity index (χ1v) is 5.87. The van der Waals surface area contributed by atoms with E-state index in [1.165, 1.54) is 10.8 Å². The molecule has 0 N–H and O–H groups in total. The van der Waals surface area contributed by atoms with Gasteiger partial charge in [-0.05, 0) is 20.8 Å². The molecule has 0 atom stereocenters. The molecule has 6 nitrogen and oxygen atoms in total. The van der Waals surface area contributed by atoms with Crippen molar-refractivity contribution in [1.82, 2.24) is 9.13 Å². The first-order valence-electron chi connectivity index (χ1n) is 5.87. The number of hydrogen-bond donors (Lipinski definition) is 0. The lowest BCUT2D eigenvalue weighted by molar-refractivity contribution is 0.0713. The van der Waals surface area contributed by atoms with Crippen LogP contribution in [0.25, 0.3) is 0 Å². The summed E-state index contributed by atoms with van der Waals surface area (Å²) in [6, 6.07) is 1.80. The molecule has 0 saturated heterocycles. The van der Waals surface area contributed by atoms with Crippen LogP contribution >= 0.6 is 0 Å². The van der Waals surface area contributed by atoms with E-state index in [2.05, 4.69) is 0 Å². The number of aryl methyl sites for hydroxylation is 1. The molecule has 98 valence electrons. The molecule has 0 fully saturated rings. The van der Waals surface area contributed by atoms with Crippen LogP contribution in [0.2, 0.25) is 0 Å². The van der Waals surface area contributed by atoms with E-state index in [9.17, 15) is 9.59 Å². The average molecular weight is 251 g/mol. The molecule has 0 aliphatic rings. The van der Waals surface area contributed by atoms with Gasteiger partial charge in [-0.2, -0.15) is 5.26 Å². The topological polar surface area (TPSA) is 77.0 Å². The summed E-state index contributed by atoms with van der Waals surface area (Å²) in [5, 5.41) is 8.86. The lowest BCUT2D eigenvalue weighted by Gasteiger charge is -2.11. The van der Waals surface area contributed by atoms with Gasteiger partial charge in [0.05, 0.1) is 19.3 Å². The van der Waals surface area contributed by atoms with E-state index in [0.717, 1.165) is 4.57 Å². The second kappa shape index (κ2) is 6.17. The Labute approximate surface area is 105 Å². The minimum absolute atomic E-state index is 0.0269. The fourth-order valence-corrected chi connectivity index (χ4v) is 1.53. The fraction of sp³-hybridized carbons (Fsp3) is 0.583. The summed E-state index contributed by atoms with van der Waals surface area (Å²) in [5.74, 6) is 0. The van der Waals surface area contributed by atoms with E-state index in [1.54, 1.807) is 13.0 Å². The van der Waals surface area contributed by atoms with Gasteiger partial charge in [0, 0.05) is 12.7 Å². The summed E-state index contributed by atoms with van der Waals surface area (Å²) in [6.07, 6.45) is 1.33. The second-order valence-corrected chi connectivity index (χ2v) is 4.10. The van der Waals surface area contributed by atoms with Gasteiger partial charge in [-0.1, -0.05) is 0 Å². The molecule has 0 radical (unpaired) electrons. The Kier molecular flexibility index (Phi) is 4.86. The van der Waals surface area contributed by atoms with E-state index in [4.69, 9.17) is 10.00 Å². The normalized spacial score (nSPS) is 10.6. The summed E-state index contributed by atoms with van der Waals surface area (Å²) < 4.78 is 7.70. The van der Waals surface area contributed by atoms with Crippen LogP contribution in [-0.2, 0) is 17.8 Å². The summed E-state index contributed by atoms with van der Waals surface area (Å²) in [5.41, 5.74) is -0.991. The summed E-state index contributed by atoms with van der Waals surface area (Å²) >= 11 is 0. The van der Waals surface area contributed by atoms with Gasteiger partial charge in [0.15, 0.2) is 0 Å². The van der Waals surface area contributed by atoms with Crippen molar-refractivity contribution in [3.63, 3.8) is 0 Å². The van der Waals surface area contributed by atoms with Crippen molar-refractivity contribution in [3.8, 4) is 6.07 Å². The number of hydrogen-bond acceptors (Lipinski definition) is 4. The maximum atomic E-state index is 11.9. The lowest BCUT2D eigenvalue weighted by atomic mass is 10.3. The van der Waals surface area contributed by atoms with E-state index in [0.29, 0.717) is 6.54 Å². The van der Waals surface area contributed by atoms with Crippen molar-refractivity contribution in [2.24, 2.45) is 0 Å². The molecule has 0 aliphatic carbocycles. The predicted molar refractivity (Wildman–Crippen MR) is 66.4 cm³/mol. The van der Waals surface area contributed by atoms with Crippen LogP contribution in [0.15, 0.2) is 15.8 Å². The second-order valence-electron chi connectivity index (χ2n) is 4.10. The van der Waals surface area contributed by atoms with Crippen LogP contribution in [0.3, 0.4) is 0 Å². The summed E-state index contributed by atoms with van der Waals surface area (Å²) in [6.45, 7) is 6.37. The van der Waals surface area contributed by atoms with Gasteiger partial charge in [0.1, 0.15) is 11.6 Å². The number of aromatic nitrogens is 2. The molecule has 0 spiro atoms. The number of nitrogens with zero attached hydrogens (tertiary/aromatic N) is 3. The van der Waals surface area contributed by atoms with Crippen LogP contribution < -0.4 is 11.2 Å². The maximum Gasteiger partial charge on any atom is 0.331 e. The van der Waals surface area contributed by atoms with Gasteiger partial charge in [-0.3, -0.25) is 13.9 Å². The Morgan fingerprint density at radius 2 is 2.11 bits per heavy atom. The SMILES string of the molecule is CCn1cc(C#N)c(=O)n(CCOC(C)C)c1=O. The van der Waals surface area contributed by atoms with Crippen LogP contribution in [0.1, 0.15) is 26.3 Å². The highest BCUT2D eigenvalue weighted by Gasteiger charge is 2.10. The fourth-order valence-electron chi connectivity index (χ4n) is 1.53. The molecule has 0 saturated carbocycles. The van der Waals surface area contributed by atoms with Gasteiger partial charge in [0.25, 0.3) is 5.56 Å². The van der Waals surface area contributed by atoms with Gasteiger partial charge in [-0.25, -0.2) is 4.79 Å². The third-order valence-corrected chi connectivity index (χ3v) is 2.46. The molecule has 0 aliphatic heterocycles. The molecular weight excluding hydrogens is 234 g/mol. The average Bonchev–Trinajstić information content (AvgIpc) is 2.33. The number of ether oxygens (including phenoxy) is 1. The quantitative estimate of drug-likeness (QED) is 0.755. The van der Waals surface area contributed by atoms with E-state index in [1.807, 2.05) is 13.8 Å². The Bertz CT molecular complexity index is 563. The van der Waals surface area contributed by atoms with Gasteiger partial charge in [-0.15, -0.1) is 0 Å². The zero-order chi connectivity index (χ0) is 13.7. The van der Waals surface area contributed by atoms with Crippen LogP contribution in [0.4, 0.5) is 0 Å². The van der Waals surface area contributed by atoms with Crippen molar-refractivity contribution < 1.29 is 4.74 Å². The molecule has 6 heteroatoms. The van der Waals surface area contributed by atoms with Crippen molar-refractivity contribution in [1.29, 1.82) is 5.26 Å². The molecular formula is C12H17N3O3. The van der Waals surface area contributed by atoms with Crippen molar-refractivity contribution in [2.75, 3.05) is 6.61 Å². The zero-order valence-electron chi connectivity index (χ0n) is 10.8. The Morgan fingerprint density at radius 1 is 1.44 bits per heavy atom. The standard InChI is InChI=1S/C12H17N3O3/c1-4-14-8-10(7-13)11(16)15(12(14)17)5-6-18-9(2)3/h8-9H,4-6H2,1-3H3. The van der Waals surface area contributed by atoms with Crippen LogP contribution in [0.5, 0.6) is 0 Å². The summed E-state index contributed by atoms with van der Waals surface area (Å²) in [7, 11) is 0. The number of rotatable bonds is 5. The van der Waals surface area contributed by atoms with Crippen molar-refractivity contribution in [3.05, 3.63) is 32.6 Å². The first kappa shape index (κ1) is 14.2. The highest BCUT2D eigenvalue weighted by molar-refractivity contribution is 5.22. The predicted octanol–water partition coefficient (Wildman–Crippen LogP) is 0.327. The van der Waals surface area contributed by atoms with Gasteiger partial charge in [0.2, 0.25) is 0 Å². The largest absolute Gasteiger partial charge is 0.377 e. The Balaban J connectivity index is 3.14. The third kappa shape index (κ3) is 3.08. The molecule has 1 rings (SSSR count). The first-order chi connectivity index (χ1) is 8.51. The molecule has 1 aromatic heterocycles. The van der Waals surface area contributed by atoms with Gasteiger partial charge < -0.3 is 4.74 Å². The van der Waals surface area contributed by atoms with Crippen molar-refractivity contribution >= 4 is 0 Å². The smallest absolute Gasteiger partial charge is 0.331 e. The van der Waals surface area contributed by atoms with Crippen LogP contribution in [0, 0.1) is 11.3 Å². The lowest BCUT2D eigenvalue weighted by Crippen LogP contribution is -2.41. The molecule has 1 heterocycles. The highest BCUT2D eigenvalue weighted by Crippen LogP contribution is 1.90. The summed E-state index contributed by atoms with van der Waals surface area (Å²) in [4.78, 5) is 23.8. The van der Waals surface area contributed by atoms with Crippen LogP contribution in [-0.4, -0.2) is 21.8 Å². The molecule has 0 aromatic carbocycles. The molecule has 0 amide bonds. The third-order valence-electron chi connectivity index (χ3n) is 2.46. The molecule has 18 heavy (non-hydrogen) atoms. The Hall–Kier alpha value is -1.87. The molecule has 0 unspecified atom stereocenters. The van der Waals surface area contributed by atoms with E-state index >= 15 is 0 Å². The van der Waals surface area contributed by atoms with E-state index in [-0.39, 0.29) is 24.8 Å². The number of nitriles is 1. The minimum atomic E-state index is -0.556. The Morgan fingerprint density at radius 3 is 2.61 bits per heavy atom. The molecule has 0 bridgehead atoms. The van der Waals surface area contributed by atoms with Gasteiger partial charge >= 0.3 is 5.69 Å². The van der Waals surface area contributed by atoms with Crippen molar-refractivity contribution in [2.45, 2.75) is 40.0 Å². The van der Waals surface area contributed by atoms with E-state index < -0.39 is 11.2 Å².